The van der Waals surface area contributed by atoms with Crippen LogP contribution in [-0.2, 0) is 14.4 Å². The van der Waals surface area contributed by atoms with Gasteiger partial charge in [-0.25, -0.2) is 4.79 Å². The first-order valence-corrected chi connectivity index (χ1v) is 2.62. The number of ketones is 1. The average molecular weight is 162 g/mol. The van der Waals surface area contributed by atoms with Gasteiger partial charge in [-0.2, -0.15) is 0 Å². The molecule has 11 heavy (non-hydrogen) atoms. The zero-order valence-electron chi connectivity index (χ0n) is 5.35. The summed E-state index contributed by atoms with van der Waals surface area (Å²) in [5, 5.41) is 24.5. The molecular formula is C5H6O6. The van der Waals surface area contributed by atoms with Crippen LogP contribution in [0.5, 0.6) is 0 Å². The van der Waals surface area contributed by atoms with Crippen molar-refractivity contribution in [3.63, 3.8) is 0 Å². The van der Waals surface area contributed by atoms with Crippen LogP contribution >= 0.6 is 0 Å². The van der Waals surface area contributed by atoms with Gasteiger partial charge in [0.15, 0.2) is 0 Å². The van der Waals surface area contributed by atoms with E-state index >= 15 is 0 Å². The van der Waals surface area contributed by atoms with Crippen molar-refractivity contribution >= 4 is 17.7 Å². The molecule has 1 atom stereocenters. The van der Waals surface area contributed by atoms with Gasteiger partial charge < -0.3 is 15.3 Å². The van der Waals surface area contributed by atoms with Crippen LogP contribution in [0.25, 0.3) is 0 Å². The molecule has 0 amide bonds. The van der Waals surface area contributed by atoms with Gasteiger partial charge in [-0.1, -0.05) is 0 Å². The molecule has 0 aliphatic heterocycles. The van der Waals surface area contributed by atoms with E-state index in [1.54, 1.807) is 0 Å². The first-order valence-electron chi connectivity index (χ1n) is 2.62. The van der Waals surface area contributed by atoms with Crippen molar-refractivity contribution < 1.29 is 29.7 Å². The van der Waals surface area contributed by atoms with Crippen molar-refractivity contribution in [2.24, 2.45) is 0 Å². The second kappa shape index (κ2) is 3.67. The molecule has 0 spiro atoms. The number of carboxylic acids is 2. The van der Waals surface area contributed by atoms with Crippen molar-refractivity contribution in [3.05, 3.63) is 0 Å². The summed E-state index contributed by atoms with van der Waals surface area (Å²) in [5.74, 6) is -4.77. The normalized spacial score (nSPS) is 12.1. The lowest BCUT2D eigenvalue weighted by Gasteiger charge is -2.00. The number of hydrogen-bond donors (Lipinski definition) is 3. The van der Waals surface area contributed by atoms with Crippen LogP contribution in [0.1, 0.15) is 6.42 Å². The molecule has 0 rings (SSSR count). The van der Waals surface area contributed by atoms with Gasteiger partial charge in [-0.05, 0) is 0 Å². The molecule has 0 aliphatic carbocycles. The summed E-state index contributed by atoms with van der Waals surface area (Å²) < 4.78 is 0. The second-order valence-electron chi connectivity index (χ2n) is 1.78. The van der Waals surface area contributed by atoms with E-state index < -0.39 is 30.2 Å². The van der Waals surface area contributed by atoms with E-state index in [9.17, 15) is 14.4 Å². The molecule has 0 saturated heterocycles. The minimum atomic E-state index is -1.95. The highest BCUT2D eigenvalue weighted by molar-refractivity contribution is 6.34. The Labute approximate surface area is 61.1 Å². The lowest BCUT2D eigenvalue weighted by Crippen LogP contribution is -2.30. The monoisotopic (exact) mass is 162 g/mol. The van der Waals surface area contributed by atoms with Crippen molar-refractivity contribution in [1.82, 2.24) is 0 Å². The molecule has 0 radical (unpaired) electrons. The van der Waals surface area contributed by atoms with E-state index in [4.69, 9.17) is 15.3 Å². The third-order valence-corrected chi connectivity index (χ3v) is 0.881. The molecule has 6 nitrogen and oxygen atoms in total. The number of carbonyl (C=O) groups is 3. The fourth-order valence-electron chi connectivity index (χ4n) is 0.401. The third-order valence-electron chi connectivity index (χ3n) is 0.881. The molecule has 0 heterocycles. The lowest BCUT2D eigenvalue weighted by atomic mass is 10.2. The Morgan fingerprint density at radius 2 is 1.64 bits per heavy atom. The zero-order valence-corrected chi connectivity index (χ0v) is 5.35. The predicted octanol–water partition coefficient (Wildman–Crippen LogP) is -1.52. The number of carbonyl (C=O) groups excluding carboxylic acids is 1. The Morgan fingerprint density at radius 3 is 1.91 bits per heavy atom. The van der Waals surface area contributed by atoms with Crippen LogP contribution in [0.15, 0.2) is 0 Å². The van der Waals surface area contributed by atoms with Crippen molar-refractivity contribution in [2.45, 2.75) is 12.5 Å². The zero-order chi connectivity index (χ0) is 9.02. The minimum absolute atomic E-state index is 0.884. The number of Topliss-reactive ketones (excluding diaryl/α,β-unsaturated/α-hetero) is 1. The molecule has 0 aliphatic rings. The Bertz CT molecular complexity index is 195. The number of aliphatic hydroxyl groups is 1. The summed E-state index contributed by atoms with van der Waals surface area (Å²) in [6, 6.07) is 0. The number of aliphatic carboxylic acids is 2. The van der Waals surface area contributed by atoms with Crippen LogP contribution in [0.3, 0.4) is 0 Å². The number of hydrogen-bond acceptors (Lipinski definition) is 4. The van der Waals surface area contributed by atoms with Gasteiger partial charge in [0.25, 0.3) is 5.78 Å². The number of rotatable bonds is 4. The molecule has 3 N–H and O–H groups in total. The average Bonchev–Trinajstić information content (AvgIpc) is 1.84. The highest BCUT2D eigenvalue weighted by atomic mass is 16.4. The maximum absolute atomic E-state index is 10.3. The highest BCUT2D eigenvalue weighted by Gasteiger charge is 2.24. The van der Waals surface area contributed by atoms with E-state index in [1.165, 1.54) is 0 Å². The van der Waals surface area contributed by atoms with Crippen molar-refractivity contribution in [2.75, 3.05) is 0 Å². The summed E-state index contributed by atoms with van der Waals surface area (Å²) in [6.45, 7) is 0. The molecule has 0 fully saturated rings. The van der Waals surface area contributed by atoms with Crippen molar-refractivity contribution in [3.8, 4) is 0 Å². The number of aliphatic hydroxyl groups excluding tert-OH is 1. The van der Waals surface area contributed by atoms with E-state index in [0.717, 1.165) is 0 Å². The maximum atomic E-state index is 10.3. The topological polar surface area (TPSA) is 112 Å². The van der Waals surface area contributed by atoms with Gasteiger partial charge in [0, 0.05) is 0 Å². The van der Waals surface area contributed by atoms with E-state index in [0.29, 0.717) is 0 Å². The molecular weight excluding hydrogens is 156 g/mol. The lowest BCUT2D eigenvalue weighted by molar-refractivity contribution is -0.155. The molecule has 0 saturated carbocycles. The van der Waals surface area contributed by atoms with E-state index in [2.05, 4.69) is 0 Å². The van der Waals surface area contributed by atoms with E-state index in [1.807, 2.05) is 0 Å². The predicted molar refractivity (Wildman–Crippen MR) is 30.9 cm³/mol. The second-order valence-corrected chi connectivity index (χ2v) is 1.78. The van der Waals surface area contributed by atoms with Gasteiger partial charge in [-0.3, -0.25) is 9.59 Å². The quantitative estimate of drug-likeness (QED) is 0.432. The summed E-state index contributed by atoms with van der Waals surface area (Å²) in [5.41, 5.74) is 0. The Hall–Kier alpha value is -1.43. The number of carboxylic acid groups (broad SMARTS) is 2. The Morgan fingerprint density at radius 1 is 1.18 bits per heavy atom. The Kier molecular flexibility index (Phi) is 3.19. The molecule has 0 aromatic heterocycles. The van der Waals surface area contributed by atoms with Crippen LogP contribution in [0.2, 0.25) is 0 Å². The SMILES string of the molecule is O=C(O)CC(O)C(=O)C(=O)O. The molecule has 6 heteroatoms. The molecule has 1 unspecified atom stereocenters. The highest BCUT2D eigenvalue weighted by Crippen LogP contribution is 1.93. The summed E-state index contributed by atoms with van der Waals surface area (Å²) in [7, 11) is 0. The maximum Gasteiger partial charge on any atom is 0.375 e. The minimum Gasteiger partial charge on any atom is -0.481 e. The third kappa shape index (κ3) is 3.31. The summed E-state index contributed by atoms with van der Waals surface area (Å²) >= 11 is 0. The van der Waals surface area contributed by atoms with Crippen LogP contribution in [0, 0.1) is 0 Å². The first-order chi connectivity index (χ1) is 4.95. The van der Waals surface area contributed by atoms with Gasteiger partial charge >= 0.3 is 11.9 Å². The molecule has 62 valence electrons. The van der Waals surface area contributed by atoms with Crippen LogP contribution in [-0.4, -0.2) is 39.1 Å². The standard InChI is InChI=1S/C5H6O6/c6-2(1-3(7)8)4(9)5(10)11/h2,6H,1H2,(H,7,8)(H,10,11). The smallest absolute Gasteiger partial charge is 0.375 e. The van der Waals surface area contributed by atoms with E-state index in [-0.39, 0.29) is 0 Å². The first kappa shape index (κ1) is 9.57. The van der Waals surface area contributed by atoms with Crippen molar-refractivity contribution in [1.29, 1.82) is 0 Å². The van der Waals surface area contributed by atoms with Gasteiger partial charge in [0.05, 0.1) is 6.42 Å². The molecule has 0 aromatic rings. The molecule has 0 bridgehead atoms. The summed E-state index contributed by atoms with van der Waals surface area (Å²) in [6.07, 6.45) is -2.84. The summed E-state index contributed by atoms with van der Waals surface area (Å²) in [4.78, 5) is 29.9. The van der Waals surface area contributed by atoms with Crippen LogP contribution < -0.4 is 0 Å². The fraction of sp³-hybridized carbons (Fsp3) is 0.400. The van der Waals surface area contributed by atoms with Gasteiger partial charge in [0.2, 0.25) is 0 Å². The van der Waals surface area contributed by atoms with Gasteiger partial charge in [0.1, 0.15) is 6.10 Å². The van der Waals surface area contributed by atoms with Gasteiger partial charge in [-0.15, -0.1) is 0 Å². The Balaban J connectivity index is 4.03. The largest absolute Gasteiger partial charge is 0.481 e. The fourth-order valence-corrected chi connectivity index (χ4v) is 0.401. The molecule has 0 aromatic carbocycles. The van der Waals surface area contributed by atoms with Crippen LogP contribution in [0.4, 0.5) is 0 Å².